The van der Waals surface area contributed by atoms with E-state index in [2.05, 4.69) is 33.0 Å². The van der Waals surface area contributed by atoms with Crippen molar-refractivity contribution in [2.75, 3.05) is 6.54 Å². The number of rotatable bonds is 4. The average molecular weight is 226 g/mol. The molecule has 0 heterocycles. The number of nitrogens with two attached hydrogens (primary N) is 1. The Morgan fingerprint density at radius 1 is 1.44 bits per heavy atom. The highest BCUT2D eigenvalue weighted by Gasteiger charge is 2.43. The predicted molar refractivity (Wildman–Crippen MR) is 67.0 cm³/mol. The van der Waals surface area contributed by atoms with E-state index in [0.29, 0.717) is 17.8 Å². The summed E-state index contributed by atoms with van der Waals surface area (Å²) >= 11 is 0. The average Bonchev–Trinajstić information content (AvgIpc) is 2.11. The molecule has 0 aromatic carbocycles. The zero-order valence-corrected chi connectivity index (χ0v) is 11.1. The molecule has 0 saturated heterocycles. The summed E-state index contributed by atoms with van der Waals surface area (Å²) in [5.41, 5.74) is 5.73. The Bertz CT molecular complexity index is 263. The van der Waals surface area contributed by atoms with Gasteiger partial charge in [-0.05, 0) is 37.1 Å². The number of hydrogen-bond donors (Lipinski definition) is 2. The molecule has 0 aromatic heterocycles. The van der Waals surface area contributed by atoms with E-state index in [-0.39, 0.29) is 11.4 Å². The van der Waals surface area contributed by atoms with Crippen molar-refractivity contribution < 1.29 is 4.79 Å². The molecule has 0 aliphatic heterocycles. The van der Waals surface area contributed by atoms with Crippen LogP contribution in [0, 0.1) is 11.3 Å². The van der Waals surface area contributed by atoms with Crippen LogP contribution in [0.3, 0.4) is 0 Å². The molecule has 16 heavy (non-hydrogen) atoms. The minimum atomic E-state index is -0.187. The Labute approximate surface area is 99.2 Å². The SMILES string of the molecule is CCNC1(CC(N)=O)CCC(C)(C)CC1C. The molecular weight excluding hydrogens is 200 g/mol. The smallest absolute Gasteiger partial charge is 0.219 e. The molecule has 0 bridgehead atoms. The second-order valence-corrected chi connectivity index (χ2v) is 6.10. The lowest BCUT2D eigenvalue weighted by atomic mass is 9.62. The van der Waals surface area contributed by atoms with Crippen molar-refractivity contribution in [3.8, 4) is 0 Å². The largest absolute Gasteiger partial charge is 0.370 e. The van der Waals surface area contributed by atoms with Gasteiger partial charge in [-0.15, -0.1) is 0 Å². The van der Waals surface area contributed by atoms with Gasteiger partial charge < -0.3 is 11.1 Å². The third kappa shape index (κ3) is 2.97. The molecule has 3 nitrogen and oxygen atoms in total. The quantitative estimate of drug-likeness (QED) is 0.771. The van der Waals surface area contributed by atoms with Crippen molar-refractivity contribution in [3.05, 3.63) is 0 Å². The van der Waals surface area contributed by atoms with Crippen molar-refractivity contribution in [3.63, 3.8) is 0 Å². The van der Waals surface area contributed by atoms with Gasteiger partial charge in [-0.1, -0.05) is 27.7 Å². The van der Waals surface area contributed by atoms with Crippen LogP contribution in [0.5, 0.6) is 0 Å². The van der Waals surface area contributed by atoms with E-state index in [1.165, 1.54) is 0 Å². The minimum absolute atomic E-state index is 0.0594. The number of carbonyl (C=O) groups excluding carboxylic acids is 1. The van der Waals surface area contributed by atoms with Gasteiger partial charge in [0.1, 0.15) is 0 Å². The lowest BCUT2D eigenvalue weighted by molar-refractivity contribution is -0.120. The van der Waals surface area contributed by atoms with Crippen molar-refractivity contribution in [1.82, 2.24) is 5.32 Å². The Hall–Kier alpha value is -0.570. The molecule has 1 fully saturated rings. The first kappa shape index (κ1) is 13.5. The van der Waals surface area contributed by atoms with Crippen LogP contribution < -0.4 is 11.1 Å². The molecule has 0 spiro atoms. The Morgan fingerprint density at radius 2 is 2.06 bits per heavy atom. The van der Waals surface area contributed by atoms with E-state index < -0.39 is 0 Å². The second kappa shape index (κ2) is 4.74. The zero-order valence-electron chi connectivity index (χ0n) is 11.1. The Kier molecular flexibility index (Phi) is 4.00. The van der Waals surface area contributed by atoms with Crippen LogP contribution in [0.15, 0.2) is 0 Å². The van der Waals surface area contributed by atoms with Crippen LogP contribution >= 0.6 is 0 Å². The molecule has 1 amide bonds. The third-order valence-electron chi connectivity index (χ3n) is 4.07. The normalized spacial score (nSPS) is 33.6. The van der Waals surface area contributed by atoms with Crippen LogP contribution in [0.4, 0.5) is 0 Å². The van der Waals surface area contributed by atoms with E-state index in [1.807, 2.05) is 0 Å². The minimum Gasteiger partial charge on any atom is -0.370 e. The van der Waals surface area contributed by atoms with Crippen molar-refractivity contribution in [2.24, 2.45) is 17.1 Å². The first-order valence-electron chi connectivity index (χ1n) is 6.35. The third-order valence-corrected chi connectivity index (χ3v) is 4.07. The van der Waals surface area contributed by atoms with Gasteiger partial charge in [-0.25, -0.2) is 0 Å². The molecule has 3 N–H and O–H groups in total. The first-order valence-corrected chi connectivity index (χ1v) is 6.35. The van der Waals surface area contributed by atoms with Gasteiger partial charge in [0.2, 0.25) is 5.91 Å². The summed E-state index contributed by atoms with van der Waals surface area (Å²) in [6.07, 6.45) is 3.85. The fourth-order valence-electron chi connectivity index (χ4n) is 3.18. The van der Waals surface area contributed by atoms with Gasteiger partial charge in [0, 0.05) is 12.0 Å². The van der Waals surface area contributed by atoms with E-state index in [0.717, 1.165) is 25.8 Å². The summed E-state index contributed by atoms with van der Waals surface area (Å²) in [4.78, 5) is 11.2. The first-order chi connectivity index (χ1) is 7.31. The zero-order chi connectivity index (χ0) is 12.4. The molecular formula is C13H26N2O. The standard InChI is InChI=1S/C13H26N2O/c1-5-15-13(9-11(14)16)7-6-12(3,4)8-10(13)2/h10,15H,5-9H2,1-4H3,(H2,14,16). The van der Waals surface area contributed by atoms with Crippen LogP contribution in [-0.4, -0.2) is 18.0 Å². The van der Waals surface area contributed by atoms with E-state index in [9.17, 15) is 4.79 Å². The maximum atomic E-state index is 11.2. The molecule has 0 radical (unpaired) electrons. The maximum absolute atomic E-state index is 11.2. The number of nitrogens with one attached hydrogen (secondary N) is 1. The summed E-state index contributed by atoms with van der Waals surface area (Å²) in [6, 6.07) is 0. The van der Waals surface area contributed by atoms with E-state index in [1.54, 1.807) is 0 Å². The summed E-state index contributed by atoms with van der Waals surface area (Å²) < 4.78 is 0. The molecule has 94 valence electrons. The maximum Gasteiger partial charge on any atom is 0.219 e. The van der Waals surface area contributed by atoms with Gasteiger partial charge in [-0.2, -0.15) is 0 Å². The monoisotopic (exact) mass is 226 g/mol. The van der Waals surface area contributed by atoms with Crippen molar-refractivity contribution in [2.45, 2.75) is 58.9 Å². The highest BCUT2D eigenvalue weighted by Crippen LogP contribution is 2.45. The summed E-state index contributed by atoms with van der Waals surface area (Å²) in [5.74, 6) is 0.316. The molecule has 0 aromatic rings. The molecule has 2 unspecified atom stereocenters. The number of primary amides is 1. The predicted octanol–water partition coefficient (Wildman–Crippen LogP) is 2.06. The topological polar surface area (TPSA) is 55.1 Å². The Balaban J connectivity index is 2.81. The number of carbonyl (C=O) groups is 1. The highest BCUT2D eigenvalue weighted by molar-refractivity contribution is 5.75. The molecule has 1 aliphatic rings. The summed E-state index contributed by atoms with van der Waals surface area (Å²) in [7, 11) is 0. The summed E-state index contributed by atoms with van der Waals surface area (Å²) in [5, 5.41) is 3.52. The molecule has 1 saturated carbocycles. The van der Waals surface area contributed by atoms with Crippen molar-refractivity contribution in [1.29, 1.82) is 0 Å². The van der Waals surface area contributed by atoms with Gasteiger partial charge >= 0.3 is 0 Å². The van der Waals surface area contributed by atoms with Crippen LogP contribution in [0.25, 0.3) is 0 Å². The van der Waals surface area contributed by atoms with E-state index >= 15 is 0 Å². The summed E-state index contributed by atoms with van der Waals surface area (Å²) in [6.45, 7) is 9.85. The van der Waals surface area contributed by atoms with Crippen LogP contribution in [-0.2, 0) is 4.79 Å². The number of hydrogen-bond acceptors (Lipinski definition) is 2. The fourth-order valence-corrected chi connectivity index (χ4v) is 3.18. The van der Waals surface area contributed by atoms with Gasteiger partial charge in [0.25, 0.3) is 0 Å². The van der Waals surface area contributed by atoms with Crippen LogP contribution in [0.2, 0.25) is 0 Å². The molecule has 1 rings (SSSR count). The Morgan fingerprint density at radius 3 is 2.50 bits per heavy atom. The molecule has 3 heteroatoms. The lowest BCUT2D eigenvalue weighted by Crippen LogP contribution is -2.56. The van der Waals surface area contributed by atoms with Gasteiger partial charge in [0.05, 0.1) is 0 Å². The van der Waals surface area contributed by atoms with Crippen molar-refractivity contribution >= 4 is 5.91 Å². The van der Waals surface area contributed by atoms with Gasteiger partial charge in [-0.3, -0.25) is 4.79 Å². The molecule has 2 atom stereocenters. The number of amides is 1. The van der Waals surface area contributed by atoms with E-state index in [4.69, 9.17) is 5.73 Å². The van der Waals surface area contributed by atoms with Gasteiger partial charge in [0.15, 0.2) is 0 Å². The second-order valence-electron chi connectivity index (χ2n) is 6.10. The molecule has 1 aliphatic carbocycles. The fraction of sp³-hybridized carbons (Fsp3) is 0.923. The lowest BCUT2D eigenvalue weighted by Gasteiger charge is -2.48. The highest BCUT2D eigenvalue weighted by atomic mass is 16.1. The van der Waals surface area contributed by atoms with Crippen LogP contribution in [0.1, 0.15) is 53.4 Å².